The van der Waals surface area contributed by atoms with E-state index in [2.05, 4.69) is 21.3 Å². The first-order chi connectivity index (χ1) is 20.5. The van der Waals surface area contributed by atoms with Crippen LogP contribution in [0.4, 0.5) is 4.79 Å². The van der Waals surface area contributed by atoms with Crippen LogP contribution < -0.4 is 21.3 Å². The molecule has 2 fully saturated rings. The summed E-state index contributed by atoms with van der Waals surface area (Å²) in [5.74, 6) is 1.16. The number of aromatic hydroxyl groups is 1. The summed E-state index contributed by atoms with van der Waals surface area (Å²) in [7, 11) is 0. The second-order valence-electron chi connectivity index (χ2n) is 10.2. The highest BCUT2D eigenvalue weighted by Gasteiger charge is 2.42. The zero-order chi connectivity index (χ0) is 29.8. The van der Waals surface area contributed by atoms with Gasteiger partial charge in [-0.05, 0) is 37.0 Å². The van der Waals surface area contributed by atoms with Crippen LogP contribution in [0.5, 0.6) is 5.75 Å². The molecule has 4 amide bonds. The lowest BCUT2D eigenvalue weighted by Crippen LogP contribution is -2.36. The second kappa shape index (κ2) is 20.3. The first-order valence-electron chi connectivity index (χ1n) is 14.8. The van der Waals surface area contributed by atoms with Crippen LogP contribution in [0.25, 0.3) is 0 Å². The van der Waals surface area contributed by atoms with Crippen molar-refractivity contribution in [3.8, 4) is 5.75 Å². The Balaban J connectivity index is 0.991. The van der Waals surface area contributed by atoms with Gasteiger partial charge in [-0.2, -0.15) is 11.8 Å². The largest absolute Gasteiger partial charge is 0.508 e. The number of carbonyl (C=O) groups is 3. The summed E-state index contributed by atoms with van der Waals surface area (Å²) in [4.78, 5) is 35.3. The van der Waals surface area contributed by atoms with Gasteiger partial charge in [-0.15, -0.1) is 0 Å². The normalized spacial score (nSPS) is 19.2. The van der Waals surface area contributed by atoms with E-state index in [1.165, 1.54) is 0 Å². The zero-order valence-electron chi connectivity index (χ0n) is 24.3. The van der Waals surface area contributed by atoms with E-state index in [1.807, 2.05) is 23.9 Å². The maximum atomic E-state index is 12.0. The number of phenolic OH excluding ortho intramolecular Hbond substituents is 1. The lowest BCUT2D eigenvalue weighted by atomic mass is 10.0. The predicted molar refractivity (Wildman–Crippen MR) is 160 cm³/mol. The molecule has 13 heteroatoms. The van der Waals surface area contributed by atoms with Gasteiger partial charge in [0.25, 0.3) is 0 Å². The third-order valence-corrected chi connectivity index (χ3v) is 8.42. The van der Waals surface area contributed by atoms with E-state index >= 15 is 0 Å². The molecule has 2 aliphatic rings. The molecule has 0 aliphatic carbocycles. The number of hydrogen-bond acceptors (Lipinski definition) is 9. The minimum Gasteiger partial charge on any atom is -0.508 e. The molecule has 5 N–H and O–H groups in total. The van der Waals surface area contributed by atoms with E-state index in [0.717, 1.165) is 30.6 Å². The fourth-order valence-electron chi connectivity index (χ4n) is 4.65. The number of unbranched alkanes of at least 4 members (excludes halogenated alkanes) is 1. The molecule has 42 heavy (non-hydrogen) atoms. The van der Waals surface area contributed by atoms with E-state index in [1.54, 1.807) is 12.1 Å². The molecular weight excluding hydrogens is 564 g/mol. The van der Waals surface area contributed by atoms with Gasteiger partial charge in [0.05, 0.1) is 64.9 Å². The van der Waals surface area contributed by atoms with E-state index in [4.69, 9.17) is 18.9 Å². The highest BCUT2D eigenvalue weighted by Crippen LogP contribution is 2.33. The summed E-state index contributed by atoms with van der Waals surface area (Å²) in [5, 5.41) is 21.4. The van der Waals surface area contributed by atoms with Crippen LogP contribution in [0.15, 0.2) is 24.3 Å². The third-order valence-electron chi connectivity index (χ3n) is 6.91. The smallest absolute Gasteiger partial charge is 0.315 e. The van der Waals surface area contributed by atoms with Crippen LogP contribution in [0, 0.1) is 0 Å². The summed E-state index contributed by atoms with van der Waals surface area (Å²) >= 11 is 1.90. The predicted octanol–water partition coefficient (Wildman–Crippen LogP) is 1.35. The number of hydrogen-bond donors (Lipinski definition) is 5. The van der Waals surface area contributed by atoms with Gasteiger partial charge >= 0.3 is 6.03 Å². The van der Waals surface area contributed by atoms with Crippen molar-refractivity contribution < 1.29 is 38.4 Å². The molecule has 0 unspecified atom stereocenters. The lowest BCUT2D eigenvalue weighted by Gasteiger charge is -2.16. The molecule has 3 atom stereocenters. The maximum absolute atomic E-state index is 12.0. The van der Waals surface area contributed by atoms with Crippen molar-refractivity contribution in [2.24, 2.45) is 0 Å². The Labute approximate surface area is 252 Å². The van der Waals surface area contributed by atoms with Crippen LogP contribution in [-0.4, -0.2) is 112 Å². The van der Waals surface area contributed by atoms with Gasteiger partial charge in [-0.25, -0.2) is 4.79 Å². The number of amides is 4. The standard InChI is InChI=1S/C29H46N4O8S/c34-23-7-5-22(6-8-23)9-11-30-27(36)10-13-38-15-17-40-19-20-41-18-16-39-14-12-31-26(35)4-2-1-3-25-28-24(21-42-25)32-29(37)33-28/h5-8,24-25,28,34H,1-4,9-21H2,(H,30,36)(H,31,35)(H2,32,33,37)/t24-,25-,28-/m0/s1. The Morgan fingerprint density at radius 3 is 2.14 bits per heavy atom. The molecule has 12 nitrogen and oxygen atoms in total. The number of urea groups is 1. The van der Waals surface area contributed by atoms with Crippen molar-refractivity contribution >= 4 is 29.6 Å². The fraction of sp³-hybridized carbons (Fsp3) is 0.690. The minimum atomic E-state index is -0.0634. The first-order valence-corrected chi connectivity index (χ1v) is 15.9. The lowest BCUT2D eigenvalue weighted by molar-refractivity contribution is -0.122. The Bertz CT molecular complexity index is 939. The van der Waals surface area contributed by atoms with Crippen LogP contribution in [0.2, 0.25) is 0 Å². The van der Waals surface area contributed by atoms with Crippen molar-refractivity contribution in [3.05, 3.63) is 29.8 Å². The molecule has 2 aliphatic heterocycles. The van der Waals surface area contributed by atoms with E-state index < -0.39 is 0 Å². The van der Waals surface area contributed by atoms with Gasteiger partial charge in [0.15, 0.2) is 0 Å². The first kappa shape index (κ1) is 33.9. The van der Waals surface area contributed by atoms with Crippen LogP contribution >= 0.6 is 11.8 Å². The molecule has 0 saturated carbocycles. The fourth-order valence-corrected chi connectivity index (χ4v) is 6.19. The highest BCUT2D eigenvalue weighted by molar-refractivity contribution is 8.00. The van der Waals surface area contributed by atoms with Crippen molar-refractivity contribution in [2.75, 3.05) is 71.7 Å². The molecule has 2 heterocycles. The molecule has 1 aromatic carbocycles. The average Bonchev–Trinajstić information content (AvgIpc) is 3.53. The molecule has 0 spiro atoms. The van der Waals surface area contributed by atoms with Gasteiger partial charge in [0.1, 0.15) is 5.75 Å². The van der Waals surface area contributed by atoms with Crippen molar-refractivity contribution in [1.82, 2.24) is 21.3 Å². The Morgan fingerprint density at radius 2 is 1.43 bits per heavy atom. The molecule has 236 valence electrons. The number of ether oxygens (including phenoxy) is 4. The molecular formula is C29H46N4O8S. The Hall–Kier alpha value is -2.58. The molecule has 0 bridgehead atoms. The van der Waals surface area contributed by atoms with Gasteiger partial charge in [-0.1, -0.05) is 18.6 Å². The van der Waals surface area contributed by atoms with Crippen LogP contribution in [-0.2, 0) is 35.0 Å². The topological polar surface area (TPSA) is 156 Å². The van der Waals surface area contributed by atoms with E-state index in [9.17, 15) is 19.5 Å². The average molecular weight is 611 g/mol. The van der Waals surface area contributed by atoms with E-state index in [0.29, 0.717) is 90.5 Å². The van der Waals surface area contributed by atoms with Gasteiger partial charge in [0, 0.05) is 36.9 Å². The number of fused-ring (bicyclic) bond motifs is 1. The number of carbonyl (C=O) groups excluding carboxylic acids is 3. The summed E-state index contributed by atoms with van der Waals surface area (Å²) in [6.07, 6.45) is 4.32. The molecule has 2 saturated heterocycles. The molecule has 0 radical (unpaired) electrons. The Morgan fingerprint density at radius 1 is 0.810 bits per heavy atom. The highest BCUT2D eigenvalue weighted by atomic mass is 32.2. The number of phenols is 1. The number of thioether (sulfide) groups is 1. The van der Waals surface area contributed by atoms with Crippen LogP contribution in [0.1, 0.15) is 37.7 Å². The minimum absolute atomic E-state index is 0.0361. The maximum Gasteiger partial charge on any atom is 0.315 e. The summed E-state index contributed by atoms with van der Waals surface area (Å²) in [6, 6.07) is 7.33. The number of benzene rings is 1. The van der Waals surface area contributed by atoms with Crippen molar-refractivity contribution in [2.45, 2.75) is 55.9 Å². The summed E-state index contributed by atoms with van der Waals surface area (Å²) in [6.45, 7) is 4.43. The molecule has 1 aromatic rings. The monoisotopic (exact) mass is 610 g/mol. The van der Waals surface area contributed by atoms with Gasteiger partial charge in [0.2, 0.25) is 11.8 Å². The number of rotatable bonds is 23. The summed E-state index contributed by atoms with van der Waals surface area (Å²) in [5.41, 5.74) is 1.05. The quantitative estimate of drug-likeness (QED) is 0.0912. The SMILES string of the molecule is O=C(CCCC[C@@H]1SC[C@@H]2NC(=O)N[C@@H]21)NCCOCCOCCOCCOCCC(=O)NCCc1ccc(O)cc1. The van der Waals surface area contributed by atoms with Gasteiger partial charge < -0.3 is 45.3 Å². The van der Waals surface area contributed by atoms with Gasteiger partial charge in [-0.3, -0.25) is 9.59 Å². The van der Waals surface area contributed by atoms with Crippen molar-refractivity contribution in [1.29, 1.82) is 0 Å². The van der Waals surface area contributed by atoms with Crippen LogP contribution in [0.3, 0.4) is 0 Å². The molecule has 0 aromatic heterocycles. The second-order valence-corrected chi connectivity index (χ2v) is 11.5. The Kier molecular flexibility index (Phi) is 16.4. The van der Waals surface area contributed by atoms with E-state index in [-0.39, 0.29) is 35.7 Å². The number of nitrogens with one attached hydrogen (secondary N) is 4. The molecule has 3 rings (SSSR count). The van der Waals surface area contributed by atoms with Crippen molar-refractivity contribution in [3.63, 3.8) is 0 Å². The summed E-state index contributed by atoms with van der Waals surface area (Å²) < 4.78 is 21.8. The third kappa shape index (κ3) is 14.1. The zero-order valence-corrected chi connectivity index (χ0v) is 25.1.